The van der Waals surface area contributed by atoms with Crippen molar-refractivity contribution in [3.63, 3.8) is 0 Å². The normalized spacial score (nSPS) is 12.3. The zero-order chi connectivity index (χ0) is 15.1. The second-order valence-corrected chi connectivity index (χ2v) is 7.44. The molecule has 0 radical (unpaired) electrons. The molecule has 0 heterocycles. The van der Waals surface area contributed by atoms with Gasteiger partial charge in [0.25, 0.3) is 0 Å². The molecule has 1 unspecified atom stereocenters. The van der Waals surface area contributed by atoms with Gasteiger partial charge in [0.1, 0.15) is 0 Å². The second-order valence-electron chi connectivity index (χ2n) is 5.28. The van der Waals surface area contributed by atoms with E-state index in [9.17, 15) is 0 Å². The maximum atomic E-state index is 3.57. The molecule has 2 aromatic carbocycles. The summed E-state index contributed by atoms with van der Waals surface area (Å²) < 4.78 is 2.43. The van der Waals surface area contributed by atoms with Crippen molar-refractivity contribution in [3.05, 3.63) is 67.7 Å². The number of benzene rings is 2. The highest BCUT2D eigenvalue weighted by Crippen LogP contribution is 2.23. The molecule has 0 aromatic heterocycles. The highest BCUT2D eigenvalue weighted by molar-refractivity contribution is 14.1. The predicted molar refractivity (Wildman–Crippen MR) is 103 cm³/mol. The van der Waals surface area contributed by atoms with E-state index in [4.69, 9.17) is 0 Å². The quantitative estimate of drug-likeness (QED) is 0.434. The largest absolute Gasteiger partial charge is 0.316 e. The Kier molecular flexibility index (Phi) is 7.20. The van der Waals surface area contributed by atoms with Gasteiger partial charge in [-0.25, -0.2) is 0 Å². The summed E-state index contributed by atoms with van der Waals surface area (Å²) in [5.41, 5.74) is 2.81. The van der Waals surface area contributed by atoms with Crippen molar-refractivity contribution in [2.75, 3.05) is 13.1 Å². The van der Waals surface area contributed by atoms with Crippen LogP contribution in [0.5, 0.6) is 0 Å². The van der Waals surface area contributed by atoms with E-state index in [1.54, 1.807) is 0 Å². The third kappa shape index (κ3) is 5.72. The summed E-state index contributed by atoms with van der Waals surface area (Å²) in [7, 11) is 0. The van der Waals surface area contributed by atoms with Crippen LogP contribution in [0, 0.1) is 3.57 Å². The van der Waals surface area contributed by atoms with Crippen molar-refractivity contribution in [2.45, 2.75) is 25.7 Å². The van der Waals surface area contributed by atoms with Crippen LogP contribution in [-0.4, -0.2) is 13.1 Å². The lowest BCUT2D eigenvalue weighted by Crippen LogP contribution is -2.23. The topological polar surface area (TPSA) is 12.0 Å². The molecule has 2 rings (SSSR count). The molecular formula is C18H21BrIN. The summed E-state index contributed by atoms with van der Waals surface area (Å²) in [6.07, 6.45) is 2.26. The van der Waals surface area contributed by atoms with Crippen molar-refractivity contribution in [1.29, 1.82) is 0 Å². The molecular weight excluding hydrogens is 437 g/mol. The van der Waals surface area contributed by atoms with Crippen LogP contribution in [0.1, 0.15) is 30.4 Å². The van der Waals surface area contributed by atoms with Crippen LogP contribution >= 0.6 is 38.5 Å². The van der Waals surface area contributed by atoms with Crippen LogP contribution in [0.25, 0.3) is 0 Å². The van der Waals surface area contributed by atoms with Gasteiger partial charge in [-0.1, -0.05) is 47.1 Å². The van der Waals surface area contributed by atoms with Crippen LogP contribution in [-0.2, 0) is 6.42 Å². The average molecular weight is 458 g/mol. The summed E-state index contributed by atoms with van der Waals surface area (Å²) in [6, 6.07) is 17.6. The van der Waals surface area contributed by atoms with E-state index in [0.29, 0.717) is 5.92 Å². The van der Waals surface area contributed by atoms with Crippen molar-refractivity contribution in [1.82, 2.24) is 5.32 Å². The standard InChI is InChI=1S/C18H21BrIN/c1-2-11-21-13-16(15-5-7-17(19)8-6-15)12-14-3-9-18(20)10-4-14/h3-10,16,21H,2,11-13H2,1H3. The average Bonchev–Trinajstić information content (AvgIpc) is 2.49. The van der Waals surface area contributed by atoms with Gasteiger partial charge in [-0.05, 0) is 77.4 Å². The molecule has 2 aromatic rings. The van der Waals surface area contributed by atoms with E-state index in [2.05, 4.69) is 99.3 Å². The van der Waals surface area contributed by atoms with Gasteiger partial charge in [0.15, 0.2) is 0 Å². The van der Waals surface area contributed by atoms with E-state index >= 15 is 0 Å². The molecule has 21 heavy (non-hydrogen) atoms. The zero-order valence-electron chi connectivity index (χ0n) is 12.3. The van der Waals surface area contributed by atoms with E-state index in [1.807, 2.05) is 0 Å². The summed E-state index contributed by atoms with van der Waals surface area (Å²) in [5.74, 6) is 0.518. The van der Waals surface area contributed by atoms with Gasteiger partial charge < -0.3 is 5.32 Å². The molecule has 1 N–H and O–H groups in total. The molecule has 1 nitrogen and oxygen atoms in total. The Bertz CT molecular complexity index is 536. The Hall–Kier alpha value is -0.390. The number of rotatable bonds is 7. The number of hydrogen-bond acceptors (Lipinski definition) is 1. The Morgan fingerprint density at radius 2 is 1.71 bits per heavy atom. The van der Waals surface area contributed by atoms with Gasteiger partial charge in [0.05, 0.1) is 0 Å². The van der Waals surface area contributed by atoms with Crippen LogP contribution in [0.2, 0.25) is 0 Å². The lowest BCUT2D eigenvalue weighted by Gasteiger charge is -2.18. The molecule has 0 aliphatic heterocycles. The minimum absolute atomic E-state index is 0.518. The van der Waals surface area contributed by atoms with Crippen LogP contribution < -0.4 is 5.32 Å². The summed E-state index contributed by atoms with van der Waals surface area (Å²) in [6.45, 7) is 4.32. The van der Waals surface area contributed by atoms with Crippen LogP contribution in [0.15, 0.2) is 53.0 Å². The van der Waals surface area contributed by atoms with Gasteiger partial charge in [-0.2, -0.15) is 0 Å². The first-order valence-electron chi connectivity index (χ1n) is 7.39. The molecule has 112 valence electrons. The van der Waals surface area contributed by atoms with Crippen molar-refractivity contribution < 1.29 is 0 Å². The predicted octanol–water partition coefficient (Wildman–Crippen LogP) is 5.38. The van der Waals surface area contributed by atoms with Gasteiger partial charge >= 0.3 is 0 Å². The summed E-state index contributed by atoms with van der Waals surface area (Å²) in [5, 5.41) is 3.57. The molecule has 0 fully saturated rings. The molecule has 1 atom stereocenters. The molecule has 0 bridgehead atoms. The highest BCUT2D eigenvalue weighted by Gasteiger charge is 2.12. The zero-order valence-corrected chi connectivity index (χ0v) is 16.0. The first-order valence-corrected chi connectivity index (χ1v) is 9.27. The third-order valence-electron chi connectivity index (χ3n) is 3.55. The maximum Gasteiger partial charge on any atom is 0.0175 e. The minimum Gasteiger partial charge on any atom is -0.316 e. The first kappa shape index (κ1) is 17.0. The van der Waals surface area contributed by atoms with Gasteiger partial charge in [-0.15, -0.1) is 0 Å². The lowest BCUT2D eigenvalue weighted by molar-refractivity contribution is 0.576. The van der Waals surface area contributed by atoms with Crippen molar-refractivity contribution >= 4 is 38.5 Å². The molecule has 3 heteroatoms. The fourth-order valence-electron chi connectivity index (χ4n) is 2.40. The molecule has 0 aliphatic carbocycles. The van der Waals surface area contributed by atoms with Gasteiger partial charge in [0, 0.05) is 20.5 Å². The highest BCUT2D eigenvalue weighted by atomic mass is 127. The van der Waals surface area contributed by atoms with Gasteiger partial charge in [-0.3, -0.25) is 0 Å². The Labute approximate surface area is 149 Å². The molecule has 0 saturated heterocycles. The lowest BCUT2D eigenvalue weighted by atomic mass is 9.92. The van der Waals surface area contributed by atoms with E-state index in [0.717, 1.165) is 24.0 Å². The SMILES string of the molecule is CCCNCC(Cc1ccc(I)cc1)c1ccc(Br)cc1. The van der Waals surface area contributed by atoms with E-state index < -0.39 is 0 Å². The Balaban J connectivity index is 2.11. The maximum absolute atomic E-state index is 3.57. The molecule has 0 spiro atoms. The Morgan fingerprint density at radius 3 is 2.33 bits per heavy atom. The fourth-order valence-corrected chi connectivity index (χ4v) is 3.02. The van der Waals surface area contributed by atoms with Crippen molar-refractivity contribution in [2.24, 2.45) is 0 Å². The Morgan fingerprint density at radius 1 is 1.05 bits per heavy atom. The van der Waals surface area contributed by atoms with Crippen LogP contribution in [0.4, 0.5) is 0 Å². The summed E-state index contributed by atoms with van der Waals surface area (Å²) in [4.78, 5) is 0. The molecule has 0 amide bonds. The fraction of sp³-hybridized carbons (Fsp3) is 0.333. The minimum atomic E-state index is 0.518. The monoisotopic (exact) mass is 457 g/mol. The smallest absolute Gasteiger partial charge is 0.0175 e. The molecule has 0 aliphatic rings. The third-order valence-corrected chi connectivity index (χ3v) is 4.80. The second kappa shape index (κ2) is 8.91. The van der Waals surface area contributed by atoms with Crippen molar-refractivity contribution in [3.8, 4) is 0 Å². The van der Waals surface area contributed by atoms with E-state index in [-0.39, 0.29) is 0 Å². The number of hydrogen-bond donors (Lipinski definition) is 1. The summed E-state index contributed by atoms with van der Waals surface area (Å²) >= 11 is 5.87. The van der Waals surface area contributed by atoms with Gasteiger partial charge in [0.2, 0.25) is 0 Å². The molecule has 0 saturated carbocycles. The first-order chi connectivity index (χ1) is 10.2. The number of halogens is 2. The number of nitrogens with one attached hydrogen (secondary N) is 1. The van der Waals surface area contributed by atoms with Crippen LogP contribution in [0.3, 0.4) is 0 Å². The van der Waals surface area contributed by atoms with E-state index in [1.165, 1.54) is 21.1 Å².